The largest absolute Gasteiger partial charge is 0.373 e. The van der Waals surface area contributed by atoms with Crippen LogP contribution < -0.4 is 0 Å². The van der Waals surface area contributed by atoms with E-state index in [1.54, 1.807) is 0 Å². The first kappa shape index (κ1) is 19.6. The minimum Gasteiger partial charge on any atom is -0.373 e. The Kier molecular flexibility index (Phi) is 6.31. The normalized spacial score (nSPS) is 25.3. The summed E-state index contributed by atoms with van der Waals surface area (Å²) in [5.41, 5.74) is 2.85. The minimum absolute atomic E-state index is 0.337. The van der Waals surface area contributed by atoms with Gasteiger partial charge in [0, 0.05) is 26.1 Å². The molecular formula is C24H30N2O. The van der Waals surface area contributed by atoms with Gasteiger partial charge in [0.05, 0.1) is 17.2 Å². The molecule has 0 N–H and O–H groups in total. The van der Waals surface area contributed by atoms with Crippen LogP contribution in [0.2, 0.25) is 0 Å². The third-order valence-electron chi connectivity index (χ3n) is 6.14. The number of ether oxygens (including phenoxy) is 1. The molecule has 0 spiro atoms. The van der Waals surface area contributed by atoms with Gasteiger partial charge in [0.2, 0.25) is 0 Å². The summed E-state index contributed by atoms with van der Waals surface area (Å²) in [6.07, 6.45) is 3.53. The van der Waals surface area contributed by atoms with Crippen molar-refractivity contribution < 1.29 is 4.74 Å². The van der Waals surface area contributed by atoms with E-state index in [2.05, 4.69) is 61.3 Å². The zero-order chi connectivity index (χ0) is 19.3. The van der Waals surface area contributed by atoms with Crippen LogP contribution in [0.25, 0.3) is 0 Å². The fourth-order valence-corrected chi connectivity index (χ4v) is 4.90. The van der Waals surface area contributed by atoms with Crippen LogP contribution in [0.3, 0.4) is 0 Å². The highest BCUT2D eigenvalue weighted by Crippen LogP contribution is 2.48. The predicted octanol–water partition coefficient (Wildman–Crippen LogP) is 4.97. The van der Waals surface area contributed by atoms with Gasteiger partial charge >= 0.3 is 0 Å². The monoisotopic (exact) mass is 362 g/mol. The Morgan fingerprint density at radius 2 is 1.93 bits per heavy atom. The maximum atomic E-state index is 9.36. The van der Waals surface area contributed by atoms with Crippen LogP contribution in [-0.4, -0.2) is 25.6 Å². The molecule has 3 rings (SSSR count). The van der Waals surface area contributed by atoms with Gasteiger partial charge in [0.1, 0.15) is 0 Å². The maximum Gasteiger partial charge on any atom is 0.0993 e. The van der Waals surface area contributed by atoms with Gasteiger partial charge in [-0.15, -0.1) is 0 Å². The summed E-state index contributed by atoms with van der Waals surface area (Å²) >= 11 is 0. The number of methoxy groups -OCH3 is 1. The zero-order valence-corrected chi connectivity index (χ0v) is 16.7. The number of benzene rings is 2. The van der Waals surface area contributed by atoms with Crippen LogP contribution in [0.4, 0.5) is 0 Å². The Balaban J connectivity index is 1.88. The molecule has 0 radical (unpaired) electrons. The Labute approximate surface area is 163 Å². The number of hydrogen-bond acceptors (Lipinski definition) is 3. The van der Waals surface area contributed by atoms with Gasteiger partial charge in [-0.1, -0.05) is 55.8 Å². The molecule has 27 heavy (non-hydrogen) atoms. The van der Waals surface area contributed by atoms with Crippen LogP contribution in [0.5, 0.6) is 0 Å². The maximum absolute atomic E-state index is 9.36. The fraction of sp³-hybridized carbons (Fsp3) is 0.458. The lowest BCUT2D eigenvalue weighted by Gasteiger charge is -2.49. The van der Waals surface area contributed by atoms with Crippen molar-refractivity contribution in [3.63, 3.8) is 0 Å². The fourth-order valence-electron chi connectivity index (χ4n) is 4.90. The van der Waals surface area contributed by atoms with E-state index in [0.29, 0.717) is 17.4 Å². The molecule has 142 valence electrons. The van der Waals surface area contributed by atoms with Crippen molar-refractivity contribution in [2.45, 2.75) is 38.3 Å². The third kappa shape index (κ3) is 4.08. The van der Waals surface area contributed by atoms with E-state index in [-0.39, 0.29) is 5.60 Å². The Morgan fingerprint density at radius 3 is 2.63 bits per heavy atom. The molecular weight excluding hydrogens is 332 g/mol. The first-order valence-corrected chi connectivity index (χ1v) is 9.88. The first-order valence-electron chi connectivity index (χ1n) is 9.88. The van der Waals surface area contributed by atoms with Gasteiger partial charge in [-0.05, 0) is 49.1 Å². The molecule has 1 aliphatic rings. The molecule has 3 heteroatoms. The number of nitriles is 1. The number of hydrogen-bond donors (Lipinski definition) is 0. The summed E-state index contributed by atoms with van der Waals surface area (Å²) in [6, 6.07) is 20.9. The summed E-state index contributed by atoms with van der Waals surface area (Å²) in [7, 11) is 4.03. The molecule has 0 saturated heterocycles. The van der Waals surface area contributed by atoms with Gasteiger partial charge in [-0.3, -0.25) is 0 Å². The van der Waals surface area contributed by atoms with Crippen molar-refractivity contribution >= 4 is 0 Å². The molecule has 0 bridgehead atoms. The highest BCUT2D eigenvalue weighted by molar-refractivity contribution is 5.37. The van der Waals surface area contributed by atoms with Gasteiger partial charge in [-0.25, -0.2) is 0 Å². The highest BCUT2D eigenvalue weighted by atomic mass is 16.5. The molecule has 3 unspecified atom stereocenters. The van der Waals surface area contributed by atoms with Crippen LogP contribution in [-0.2, 0) is 16.9 Å². The SMILES string of the molecule is COC1(c2cccc(C#N)c2)C(C)CCCC1CN(C)Cc1ccccc1. The standard InChI is InChI=1S/C24H30N2O/c1-19-9-7-14-23(18-26(2)17-20-10-5-4-6-11-20)24(19,27-3)22-13-8-12-21(15-22)16-25/h4-6,8,10-13,15,19,23H,7,9,14,17-18H2,1-3H3. The Bertz CT molecular complexity index is 782. The van der Waals surface area contributed by atoms with Crippen LogP contribution >= 0.6 is 0 Å². The minimum atomic E-state index is -0.337. The molecule has 0 amide bonds. The van der Waals surface area contributed by atoms with Crippen molar-refractivity contribution in [3.05, 3.63) is 71.3 Å². The Morgan fingerprint density at radius 1 is 1.15 bits per heavy atom. The van der Waals surface area contributed by atoms with E-state index in [1.165, 1.54) is 12.0 Å². The molecule has 1 saturated carbocycles. The lowest BCUT2D eigenvalue weighted by atomic mass is 9.65. The molecule has 1 fully saturated rings. The van der Waals surface area contributed by atoms with Gasteiger partial charge in [0.25, 0.3) is 0 Å². The predicted molar refractivity (Wildman–Crippen MR) is 109 cm³/mol. The summed E-state index contributed by atoms with van der Waals surface area (Å²) in [4.78, 5) is 2.40. The molecule has 2 aromatic carbocycles. The molecule has 1 aliphatic carbocycles. The van der Waals surface area contributed by atoms with Gasteiger partial charge in [-0.2, -0.15) is 5.26 Å². The van der Waals surface area contributed by atoms with E-state index >= 15 is 0 Å². The second-order valence-electron chi connectivity index (χ2n) is 7.90. The zero-order valence-electron chi connectivity index (χ0n) is 16.7. The quantitative estimate of drug-likeness (QED) is 0.728. The second kappa shape index (κ2) is 8.69. The third-order valence-corrected chi connectivity index (χ3v) is 6.14. The van der Waals surface area contributed by atoms with Crippen LogP contribution in [0.1, 0.15) is 42.9 Å². The summed E-state index contributed by atoms with van der Waals surface area (Å²) in [6.45, 7) is 4.21. The van der Waals surface area contributed by atoms with E-state index in [1.807, 2.05) is 25.3 Å². The topological polar surface area (TPSA) is 36.3 Å². The summed E-state index contributed by atoms with van der Waals surface area (Å²) in [5.74, 6) is 0.814. The van der Waals surface area contributed by atoms with E-state index in [9.17, 15) is 5.26 Å². The molecule has 0 aromatic heterocycles. The average Bonchev–Trinajstić information content (AvgIpc) is 2.69. The van der Waals surface area contributed by atoms with E-state index in [4.69, 9.17) is 4.74 Å². The lowest BCUT2D eigenvalue weighted by molar-refractivity contribution is -0.132. The van der Waals surface area contributed by atoms with E-state index in [0.717, 1.165) is 31.5 Å². The van der Waals surface area contributed by atoms with Crippen molar-refractivity contribution in [1.82, 2.24) is 4.90 Å². The number of nitrogens with zero attached hydrogens (tertiary/aromatic N) is 2. The summed E-state index contributed by atoms with van der Waals surface area (Å²) in [5, 5.41) is 9.36. The number of rotatable bonds is 6. The molecule has 0 heterocycles. The van der Waals surface area contributed by atoms with Gasteiger partial charge < -0.3 is 9.64 Å². The highest BCUT2D eigenvalue weighted by Gasteiger charge is 2.47. The van der Waals surface area contributed by atoms with Crippen molar-refractivity contribution in [3.8, 4) is 6.07 Å². The van der Waals surface area contributed by atoms with E-state index < -0.39 is 0 Å². The Hall–Kier alpha value is -2.15. The van der Waals surface area contributed by atoms with Crippen LogP contribution in [0, 0.1) is 23.2 Å². The average molecular weight is 363 g/mol. The van der Waals surface area contributed by atoms with Crippen molar-refractivity contribution in [1.29, 1.82) is 5.26 Å². The first-order chi connectivity index (χ1) is 13.1. The molecule has 2 aromatic rings. The van der Waals surface area contributed by atoms with Crippen LogP contribution in [0.15, 0.2) is 54.6 Å². The van der Waals surface area contributed by atoms with Crippen molar-refractivity contribution in [2.75, 3.05) is 20.7 Å². The molecule has 0 aliphatic heterocycles. The smallest absolute Gasteiger partial charge is 0.0993 e. The molecule has 3 nitrogen and oxygen atoms in total. The lowest BCUT2D eigenvalue weighted by Crippen LogP contribution is -2.49. The summed E-state index contributed by atoms with van der Waals surface area (Å²) < 4.78 is 6.30. The molecule has 3 atom stereocenters. The van der Waals surface area contributed by atoms with Gasteiger partial charge in [0.15, 0.2) is 0 Å². The van der Waals surface area contributed by atoms with Crippen molar-refractivity contribution in [2.24, 2.45) is 11.8 Å². The second-order valence-corrected chi connectivity index (χ2v) is 7.90.